The Bertz CT molecular complexity index is 381. The maximum atomic E-state index is 11.2. The van der Waals surface area contributed by atoms with E-state index in [-0.39, 0.29) is 5.56 Å². The lowest BCUT2D eigenvalue weighted by atomic mass is 10.4. The van der Waals surface area contributed by atoms with E-state index in [1.54, 1.807) is 17.7 Å². The van der Waals surface area contributed by atoms with Gasteiger partial charge < -0.3 is 0 Å². The zero-order valence-corrected chi connectivity index (χ0v) is 7.16. The van der Waals surface area contributed by atoms with Crippen molar-refractivity contribution < 1.29 is 0 Å². The van der Waals surface area contributed by atoms with Gasteiger partial charge in [-0.3, -0.25) is 14.3 Å². The van der Waals surface area contributed by atoms with Crippen molar-refractivity contribution in [2.45, 2.75) is 20.4 Å². The second-order valence-electron chi connectivity index (χ2n) is 2.40. The van der Waals surface area contributed by atoms with Gasteiger partial charge in [0.25, 0.3) is 5.56 Å². The Morgan fingerprint density at radius 1 is 1.58 bits per heavy atom. The minimum absolute atomic E-state index is 0.0993. The molecule has 12 heavy (non-hydrogen) atoms. The summed E-state index contributed by atoms with van der Waals surface area (Å²) in [4.78, 5) is 14.9. The molecule has 0 bridgehead atoms. The Balaban J connectivity index is 3.10. The third-order valence-electron chi connectivity index (χ3n) is 1.55. The van der Waals surface area contributed by atoms with Crippen molar-refractivity contribution in [3.05, 3.63) is 28.4 Å². The van der Waals surface area contributed by atoms with Gasteiger partial charge in [-0.2, -0.15) is 0 Å². The van der Waals surface area contributed by atoms with Crippen LogP contribution < -0.4 is 5.56 Å². The summed E-state index contributed by atoms with van der Waals surface area (Å²) in [7, 11) is 0. The Morgan fingerprint density at radius 2 is 2.33 bits per heavy atom. The number of aryl methyl sites for hydroxylation is 1. The van der Waals surface area contributed by atoms with Gasteiger partial charge >= 0.3 is 0 Å². The zero-order chi connectivity index (χ0) is 8.97. The van der Waals surface area contributed by atoms with Gasteiger partial charge in [0.05, 0.1) is 12.7 Å². The van der Waals surface area contributed by atoms with E-state index in [1.807, 2.05) is 6.92 Å². The lowest BCUT2D eigenvalue weighted by Gasteiger charge is -2.02. The van der Waals surface area contributed by atoms with Gasteiger partial charge in [-0.1, -0.05) is 5.92 Å². The summed E-state index contributed by atoms with van der Waals surface area (Å²) in [5.74, 6) is 5.57. The Hall–Kier alpha value is -1.56. The van der Waals surface area contributed by atoms with Crippen LogP contribution in [0.2, 0.25) is 0 Å². The number of nitrogens with zero attached hydrogens (tertiary/aromatic N) is 2. The topological polar surface area (TPSA) is 34.9 Å². The molecule has 1 aromatic heterocycles. The average molecular weight is 162 g/mol. The smallest absolute Gasteiger partial charge is 0.270 e. The van der Waals surface area contributed by atoms with Crippen LogP contribution in [0.4, 0.5) is 0 Å². The van der Waals surface area contributed by atoms with E-state index in [0.717, 1.165) is 5.69 Å². The lowest BCUT2D eigenvalue weighted by Crippen LogP contribution is -2.21. The van der Waals surface area contributed by atoms with Crippen molar-refractivity contribution in [3.63, 3.8) is 0 Å². The molecule has 1 rings (SSSR count). The van der Waals surface area contributed by atoms with Crippen LogP contribution in [0, 0.1) is 18.8 Å². The van der Waals surface area contributed by atoms with Gasteiger partial charge in [0.1, 0.15) is 0 Å². The largest absolute Gasteiger partial charge is 0.298 e. The van der Waals surface area contributed by atoms with Gasteiger partial charge in [-0.25, -0.2) is 0 Å². The minimum atomic E-state index is -0.0993. The van der Waals surface area contributed by atoms with Crippen LogP contribution in [0.15, 0.2) is 17.2 Å². The summed E-state index contributed by atoms with van der Waals surface area (Å²) < 4.78 is 1.59. The van der Waals surface area contributed by atoms with E-state index in [2.05, 4.69) is 16.8 Å². The quantitative estimate of drug-likeness (QED) is 0.566. The highest BCUT2D eigenvalue weighted by Crippen LogP contribution is 1.88. The van der Waals surface area contributed by atoms with Crippen LogP contribution in [0.3, 0.4) is 0 Å². The fourth-order valence-electron chi connectivity index (χ4n) is 0.883. The molecule has 0 unspecified atom stereocenters. The maximum absolute atomic E-state index is 11.2. The zero-order valence-electron chi connectivity index (χ0n) is 7.16. The first-order chi connectivity index (χ1) is 5.75. The predicted octanol–water partition coefficient (Wildman–Crippen LogP) is 0.575. The molecule has 3 heteroatoms. The molecule has 0 amide bonds. The molecule has 0 saturated heterocycles. The first kappa shape index (κ1) is 8.54. The van der Waals surface area contributed by atoms with Crippen LogP contribution in [-0.2, 0) is 6.54 Å². The summed E-state index contributed by atoms with van der Waals surface area (Å²) in [6.07, 6.45) is 2.95. The third kappa shape index (κ3) is 1.73. The normalized spacial score (nSPS) is 8.83. The van der Waals surface area contributed by atoms with E-state index in [0.29, 0.717) is 6.54 Å². The van der Waals surface area contributed by atoms with Crippen LogP contribution in [-0.4, -0.2) is 9.55 Å². The fraction of sp³-hybridized carbons (Fsp3) is 0.333. The highest BCUT2D eigenvalue weighted by molar-refractivity contribution is 5.02. The van der Waals surface area contributed by atoms with Crippen molar-refractivity contribution in [2.24, 2.45) is 0 Å². The van der Waals surface area contributed by atoms with Crippen LogP contribution >= 0.6 is 0 Å². The highest BCUT2D eigenvalue weighted by atomic mass is 16.1. The number of hydrogen-bond acceptors (Lipinski definition) is 2. The van der Waals surface area contributed by atoms with Gasteiger partial charge in [-0.05, 0) is 13.8 Å². The molecule has 0 aromatic carbocycles. The number of aromatic nitrogens is 2. The van der Waals surface area contributed by atoms with Crippen molar-refractivity contribution in [1.29, 1.82) is 0 Å². The Kier molecular flexibility index (Phi) is 2.65. The molecule has 62 valence electrons. The van der Waals surface area contributed by atoms with Gasteiger partial charge in [0, 0.05) is 11.9 Å². The summed E-state index contributed by atoms with van der Waals surface area (Å²) >= 11 is 0. The highest BCUT2D eigenvalue weighted by Gasteiger charge is 1.95. The Labute approximate surface area is 71.1 Å². The molecule has 0 aliphatic heterocycles. The summed E-state index contributed by atoms with van der Waals surface area (Å²) in [6.45, 7) is 4.04. The van der Waals surface area contributed by atoms with Gasteiger partial charge in [0.15, 0.2) is 0 Å². The van der Waals surface area contributed by atoms with Crippen LogP contribution in [0.5, 0.6) is 0 Å². The SMILES string of the molecule is CC#CCn1c(C)cncc1=O. The molecule has 0 saturated carbocycles. The summed E-state index contributed by atoms with van der Waals surface area (Å²) in [5, 5.41) is 0. The average Bonchev–Trinajstić information content (AvgIpc) is 2.04. The molecular weight excluding hydrogens is 152 g/mol. The van der Waals surface area contributed by atoms with Gasteiger partial charge in [0.2, 0.25) is 0 Å². The van der Waals surface area contributed by atoms with Crippen LogP contribution in [0.25, 0.3) is 0 Å². The second-order valence-corrected chi connectivity index (χ2v) is 2.40. The molecule has 0 aliphatic carbocycles. The first-order valence-electron chi connectivity index (χ1n) is 3.66. The van der Waals surface area contributed by atoms with Crippen molar-refractivity contribution >= 4 is 0 Å². The minimum Gasteiger partial charge on any atom is -0.298 e. The lowest BCUT2D eigenvalue weighted by molar-refractivity contribution is 0.747. The van der Waals surface area contributed by atoms with Crippen molar-refractivity contribution in [3.8, 4) is 11.8 Å². The van der Waals surface area contributed by atoms with Crippen LogP contribution in [0.1, 0.15) is 12.6 Å². The summed E-state index contributed by atoms with van der Waals surface area (Å²) in [6, 6.07) is 0. The Morgan fingerprint density at radius 3 is 2.92 bits per heavy atom. The maximum Gasteiger partial charge on any atom is 0.270 e. The molecule has 0 aliphatic rings. The van der Waals surface area contributed by atoms with Crippen molar-refractivity contribution in [1.82, 2.24) is 9.55 Å². The first-order valence-corrected chi connectivity index (χ1v) is 3.66. The molecule has 1 aromatic rings. The second kappa shape index (κ2) is 3.72. The fourth-order valence-corrected chi connectivity index (χ4v) is 0.883. The van der Waals surface area contributed by atoms with E-state index in [1.165, 1.54) is 6.20 Å². The van der Waals surface area contributed by atoms with E-state index < -0.39 is 0 Å². The van der Waals surface area contributed by atoms with E-state index in [4.69, 9.17) is 0 Å². The third-order valence-corrected chi connectivity index (χ3v) is 1.55. The van der Waals surface area contributed by atoms with Gasteiger partial charge in [-0.15, -0.1) is 5.92 Å². The number of hydrogen-bond donors (Lipinski definition) is 0. The van der Waals surface area contributed by atoms with E-state index in [9.17, 15) is 4.79 Å². The molecule has 0 N–H and O–H groups in total. The monoisotopic (exact) mass is 162 g/mol. The summed E-state index contributed by atoms with van der Waals surface area (Å²) in [5.41, 5.74) is 0.739. The predicted molar refractivity (Wildman–Crippen MR) is 46.7 cm³/mol. The standard InChI is InChI=1S/C9H10N2O/c1-3-4-5-11-8(2)6-10-7-9(11)12/h6-7H,5H2,1-2H3. The molecule has 3 nitrogen and oxygen atoms in total. The molecule has 0 spiro atoms. The molecule has 1 heterocycles. The van der Waals surface area contributed by atoms with Crippen molar-refractivity contribution in [2.75, 3.05) is 0 Å². The number of rotatable bonds is 1. The van der Waals surface area contributed by atoms with E-state index >= 15 is 0 Å². The molecule has 0 atom stereocenters. The molecule has 0 radical (unpaired) electrons. The molecular formula is C9H10N2O. The molecule has 0 fully saturated rings.